The Labute approximate surface area is 483 Å². The lowest BCUT2D eigenvalue weighted by atomic mass is 9.73. The summed E-state index contributed by atoms with van der Waals surface area (Å²) in [6.07, 6.45) is 0.708. The van der Waals surface area contributed by atoms with Crippen molar-refractivity contribution < 1.29 is 28.7 Å². The standard InChI is InChI=1S/C54H53Br4ClN11O6P/c1-52(2,3)76-51(74)64-30-53(29-63-46(72)40-25-38(56)44(58)66-40)36(26-61-45(71)39-24-37(55)43(57)65-39)42(41-27-62-49(60)67-41)54(47(53)59)48(73)70(31-75-28-32-16-8-4-9-17-32)50(68-54)69-77(33-18-10-5-11-19-33,34-20-12-6-13-21-34)35-22-14-7-15-23-35/h4-25,27,36,42,47,65-66H,26,28-31H2,1-3H3,(H,61,71)(H,63,72)(H,64,74)(H3,60,62,67). The van der Waals surface area contributed by atoms with Gasteiger partial charge in [-0.2, -0.15) is 0 Å². The highest BCUT2D eigenvalue weighted by atomic mass is 79.9. The Bertz CT molecular complexity index is 3240. The van der Waals surface area contributed by atoms with E-state index in [-0.39, 0.29) is 56.3 Å². The molecule has 1 spiro atoms. The number of rotatable bonds is 16. The Balaban J connectivity index is 1.32. The molecule has 9 rings (SSSR count). The maximum atomic E-state index is 16.7. The number of halogens is 5. The molecule has 77 heavy (non-hydrogen) atoms. The molecule has 3 aromatic heterocycles. The van der Waals surface area contributed by atoms with Crippen LogP contribution in [0.15, 0.2) is 168 Å². The van der Waals surface area contributed by atoms with Gasteiger partial charge in [-0.05, 0) is 108 Å². The third-order valence-electron chi connectivity index (χ3n) is 13.5. The number of carbonyl (C=O) groups excluding carboxylic acids is 4. The molecule has 1 aliphatic carbocycles. The van der Waals surface area contributed by atoms with E-state index in [1.807, 2.05) is 121 Å². The Morgan fingerprint density at radius 1 is 0.766 bits per heavy atom. The van der Waals surface area contributed by atoms with E-state index in [9.17, 15) is 14.4 Å². The number of hydrogen-bond donors (Lipinski definition) is 7. The second kappa shape index (κ2) is 23.3. The van der Waals surface area contributed by atoms with Crippen LogP contribution in [0.3, 0.4) is 0 Å². The van der Waals surface area contributed by atoms with E-state index >= 15 is 4.79 Å². The quantitative estimate of drug-likeness (QED) is 0.0362. The maximum absolute atomic E-state index is 16.7. The third-order valence-corrected chi connectivity index (χ3v) is 21.4. The Morgan fingerprint density at radius 2 is 1.27 bits per heavy atom. The number of ether oxygens (including phenoxy) is 2. The molecular formula is C54H53Br4ClN11O6P. The summed E-state index contributed by atoms with van der Waals surface area (Å²) in [4.78, 5) is 80.0. The number of nitrogens with one attached hydrogen (secondary N) is 6. The first-order chi connectivity index (χ1) is 36.9. The molecule has 4 aromatic carbocycles. The molecule has 400 valence electrons. The van der Waals surface area contributed by atoms with E-state index < -0.39 is 64.6 Å². The molecule has 1 saturated carbocycles. The number of aliphatic imine (C=N–C) groups is 1. The number of aromatic amines is 3. The van der Waals surface area contributed by atoms with E-state index in [2.05, 4.69) is 99.6 Å². The van der Waals surface area contributed by atoms with Crippen LogP contribution in [0, 0.1) is 11.3 Å². The topological polar surface area (TPSA) is 237 Å². The first-order valence-electron chi connectivity index (χ1n) is 24.2. The summed E-state index contributed by atoms with van der Waals surface area (Å²) in [7, 11) is -3.19. The summed E-state index contributed by atoms with van der Waals surface area (Å²) in [6.45, 7) is 4.17. The average Bonchev–Trinajstić information content (AvgIpc) is 4.17. The number of alkyl halides is 1. The summed E-state index contributed by atoms with van der Waals surface area (Å²) in [5.41, 5.74) is 3.41. The number of nitrogens with zero attached hydrogens (tertiary/aromatic N) is 4. The Kier molecular flexibility index (Phi) is 16.9. The third kappa shape index (κ3) is 11.4. The monoisotopic (exact) mass is 1330 g/mol. The first kappa shape index (κ1) is 55.9. The smallest absolute Gasteiger partial charge is 0.407 e. The van der Waals surface area contributed by atoms with Crippen LogP contribution < -0.4 is 37.6 Å². The minimum atomic E-state index is -3.19. The van der Waals surface area contributed by atoms with Crippen LogP contribution in [0.5, 0.6) is 0 Å². The van der Waals surface area contributed by atoms with Crippen LogP contribution in [0.25, 0.3) is 0 Å². The van der Waals surface area contributed by atoms with Crippen LogP contribution in [0.4, 0.5) is 10.7 Å². The van der Waals surface area contributed by atoms with Crippen LogP contribution in [0.2, 0.25) is 0 Å². The minimum Gasteiger partial charge on any atom is -0.444 e. The molecule has 1 fully saturated rings. The van der Waals surface area contributed by atoms with Crippen molar-refractivity contribution in [1.82, 2.24) is 40.8 Å². The van der Waals surface area contributed by atoms with Gasteiger partial charge in [0.05, 0.1) is 43.4 Å². The molecule has 4 amide bonds. The molecule has 2 aliphatic rings. The van der Waals surface area contributed by atoms with Gasteiger partial charge in [0.25, 0.3) is 17.7 Å². The van der Waals surface area contributed by atoms with Gasteiger partial charge < -0.3 is 46.1 Å². The summed E-state index contributed by atoms with van der Waals surface area (Å²) < 4.78 is 20.4. The molecule has 4 heterocycles. The van der Waals surface area contributed by atoms with E-state index in [0.29, 0.717) is 23.8 Å². The largest absolute Gasteiger partial charge is 0.444 e. The summed E-state index contributed by atoms with van der Waals surface area (Å²) in [5, 5.41) is 10.3. The molecule has 5 unspecified atom stereocenters. The zero-order valence-electron chi connectivity index (χ0n) is 41.7. The fourth-order valence-corrected chi connectivity index (χ4v) is 15.5. The van der Waals surface area contributed by atoms with Gasteiger partial charge in [0.1, 0.15) is 23.7 Å². The van der Waals surface area contributed by atoms with Crippen molar-refractivity contribution in [3.8, 4) is 0 Å². The molecule has 17 nitrogen and oxygen atoms in total. The maximum Gasteiger partial charge on any atom is 0.407 e. The highest BCUT2D eigenvalue weighted by Crippen LogP contribution is 2.63. The van der Waals surface area contributed by atoms with Gasteiger partial charge in [-0.1, -0.05) is 121 Å². The molecule has 0 radical (unpaired) electrons. The number of benzene rings is 4. The van der Waals surface area contributed by atoms with E-state index in [1.165, 1.54) is 11.1 Å². The SMILES string of the molecule is CC(C)(C)OC(=O)NCC1(CNC(=O)c2cc(Br)c(Br)[nH]2)C(CNC(=O)c2cc(Br)c(Br)[nH]2)C(c2cnc(N)[nH]2)C2(N=C(N=P(c3ccccc3)(c3ccccc3)c3ccccc3)N(COCc3ccccc3)C2=O)C1Cl. The molecule has 1 aliphatic heterocycles. The van der Waals surface area contributed by atoms with Crippen molar-refractivity contribution in [3.05, 3.63) is 180 Å². The number of carbonyl (C=O) groups is 4. The van der Waals surface area contributed by atoms with E-state index in [1.54, 1.807) is 32.9 Å². The zero-order valence-corrected chi connectivity index (χ0v) is 49.7. The van der Waals surface area contributed by atoms with Gasteiger partial charge >= 0.3 is 6.09 Å². The van der Waals surface area contributed by atoms with Crippen LogP contribution in [-0.2, 0) is 20.9 Å². The first-order valence-corrected chi connectivity index (χ1v) is 29.6. The molecular weight excluding hydrogens is 1280 g/mol. The highest BCUT2D eigenvalue weighted by molar-refractivity contribution is 9.13. The lowest BCUT2D eigenvalue weighted by Crippen LogP contribution is -2.57. The lowest BCUT2D eigenvalue weighted by molar-refractivity contribution is -0.135. The summed E-state index contributed by atoms with van der Waals surface area (Å²) in [5.74, 6) is -3.76. The number of alkyl carbamates (subject to hydrolysis) is 1. The normalized spacial score (nSPS) is 20.3. The van der Waals surface area contributed by atoms with Crippen molar-refractivity contribution in [2.75, 3.05) is 32.1 Å². The zero-order chi connectivity index (χ0) is 54.7. The van der Waals surface area contributed by atoms with Gasteiger partial charge in [-0.25, -0.2) is 19.5 Å². The van der Waals surface area contributed by atoms with Crippen LogP contribution in [-0.4, -0.2) is 97.5 Å². The van der Waals surface area contributed by atoms with Crippen molar-refractivity contribution in [3.63, 3.8) is 0 Å². The second-order valence-electron chi connectivity index (χ2n) is 19.5. The van der Waals surface area contributed by atoms with Gasteiger partial charge in [0, 0.05) is 52.6 Å². The van der Waals surface area contributed by atoms with E-state index in [4.69, 9.17) is 36.5 Å². The van der Waals surface area contributed by atoms with Crippen molar-refractivity contribution in [2.24, 2.45) is 21.1 Å². The molecule has 23 heteroatoms. The van der Waals surface area contributed by atoms with Gasteiger partial charge in [0.15, 0.2) is 11.5 Å². The summed E-state index contributed by atoms with van der Waals surface area (Å²) >= 11 is 22.1. The number of H-pyrrole nitrogens is 3. The molecule has 7 aromatic rings. The fourth-order valence-electron chi connectivity index (χ4n) is 10.1. The second-order valence-corrected chi connectivity index (χ2v) is 26.3. The summed E-state index contributed by atoms with van der Waals surface area (Å²) in [6, 6.07) is 42.4. The number of anilines is 1. The van der Waals surface area contributed by atoms with Gasteiger partial charge in [-0.3, -0.25) is 19.3 Å². The number of aromatic nitrogens is 4. The Morgan fingerprint density at radius 3 is 1.75 bits per heavy atom. The number of guanidine groups is 1. The number of hydrogen-bond acceptors (Lipinski definition) is 10. The molecule has 0 saturated heterocycles. The average molecular weight is 1340 g/mol. The molecule has 5 atom stereocenters. The van der Waals surface area contributed by atoms with Crippen LogP contribution in [0.1, 0.15) is 58.9 Å². The van der Waals surface area contributed by atoms with Gasteiger partial charge in [0.2, 0.25) is 5.96 Å². The van der Waals surface area contributed by atoms with Crippen LogP contribution >= 0.6 is 82.4 Å². The molecule has 8 N–H and O–H groups in total. The number of amides is 4. The lowest BCUT2D eigenvalue weighted by Gasteiger charge is -2.39. The van der Waals surface area contributed by atoms with E-state index in [0.717, 1.165) is 21.5 Å². The number of nitrogens with two attached hydrogens (primary N) is 1. The number of imidazole rings is 1. The predicted octanol–water partition coefficient (Wildman–Crippen LogP) is 9.68. The molecule has 0 bridgehead atoms. The fraction of sp³-hybridized carbons (Fsp3) is 0.259. The highest BCUT2D eigenvalue weighted by Gasteiger charge is 2.74. The minimum absolute atomic E-state index is 0.0148. The van der Waals surface area contributed by atoms with Crippen molar-refractivity contribution in [1.29, 1.82) is 0 Å². The number of nitrogen functional groups attached to an aromatic ring is 1. The predicted molar refractivity (Wildman–Crippen MR) is 313 cm³/mol. The van der Waals surface area contributed by atoms with Gasteiger partial charge in [-0.15, -0.1) is 11.6 Å². The van der Waals surface area contributed by atoms with Crippen molar-refractivity contribution >= 4 is 134 Å². The van der Waals surface area contributed by atoms with Crippen molar-refractivity contribution in [2.45, 2.75) is 49.8 Å². The Hall–Kier alpha value is -5.80.